The zero-order valence-electron chi connectivity index (χ0n) is 17.6. The number of carbonyl (C=O) groups excluding carboxylic acids is 1. The van der Waals surface area contributed by atoms with Gasteiger partial charge in [0.15, 0.2) is 6.04 Å². The summed E-state index contributed by atoms with van der Waals surface area (Å²) in [5.41, 5.74) is -2.65. The van der Waals surface area contributed by atoms with Crippen molar-refractivity contribution in [1.29, 1.82) is 0 Å². The monoisotopic (exact) mass is 435 g/mol. The number of hydrogen-bond donors (Lipinski definition) is 1. The molecule has 1 N–H and O–H groups in total. The van der Waals surface area contributed by atoms with E-state index in [9.17, 15) is 34.9 Å². The van der Waals surface area contributed by atoms with E-state index >= 15 is 0 Å². The van der Waals surface area contributed by atoms with Gasteiger partial charge in [-0.3, -0.25) is 29.9 Å². The lowest BCUT2D eigenvalue weighted by Gasteiger charge is -2.46. The van der Waals surface area contributed by atoms with E-state index in [4.69, 9.17) is 4.74 Å². The first-order valence-electron chi connectivity index (χ1n) is 10.00. The van der Waals surface area contributed by atoms with Crippen molar-refractivity contribution in [3.63, 3.8) is 0 Å². The van der Waals surface area contributed by atoms with Crippen molar-refractivity contribution < 1.29 is 29.3 Å². The SMILES string of the molecule is CC(C)(C)C1CCC2(CC1)OCC(C(=O)O)N2C(=O)c1cc([N+](=O)[O-])cc([N+](=O)[O-])c1. The molecule has 1 heterocycles. The summed E-state index contributed by atoms with van der Waals surface area (Å²) in [5, 5.41) is 32.1. The van der Waals surface area contributed by atoms with E-state index in [1.165, 1.54) is 0 Å². The number of nitro benzene ring substituents is 2. The normalized spacial score (nSPS) is 26.1. The van der Waals surface area contributed by atoms with Gasteiger partial charge in [-0.15, -0.1) is 0 Å². The predicted octanol–water partition coefficient (Wildman–Crippen LogP) is 3.36. The molecule has 2 aliphatic rings. The smallest absolute Gasteiger partial charge is 0.328 e. The molecule has 0 aromatic heterocycles. The van der Waals surface area contributed by atoms with E-state index in [1.54, 1.807) is 0 Å². The first-order chi connectivity index (χ1) is 14.4. The molecule has 1 saturated carbocycles. The lowest BCUT2D eigenvalue weighted by molar-refractivity contribution is -0.394. The van der Waals surface area contributed by atoms with Gasteiger partial charge in [-0.1, -0.05) is 20.8 Å². The van der Waals surface area contributed by atoms with Crippen LogP contribution in [0.3, 0.4) is 0 Å². The van der Waals surface area contributed by atoms with Crippen LogP contribution < -0.4 is 0 Å². The Morgan fingerprint density at radius 2 is 1.61 bits per heavy atom. The zero-order valence-corrected chi connectivity index (χ0v) is 17.6. The number of rotatable bonds is 4. The molecule has 1 amide bonds. The maximum atomic E-state index is 13.4. The molecular weight excluding hydrogens is 410 g/mol. The Morgan fingerprint density at radius 1 is 1.10 bits per heavy atom. The van der Waals surface area contributed by atoms with Gasteiger partial charge < -0.3 is 9.84 Å². The molecule has 1 aromatic rings. The second-order valence-corrected chi connectivity index (χ2v) is 9.18. The molecule has 31 heavy (non-hydrogen) atoms. The molecule has 168 valence electrons. The second-order valence-electron chi connectivity index (χ2n) is 9.18. The van der Waals surface area contributed by atoms with Gasteiger partial charge in [-0.05, 0) is 37.0 Å². The molecule has 11 heteroatoms. The van der Waals surface area contributed by atoms with Gasteiger partial charge in [0, 0.05) is 12.1 Å². The van der Waals surface area contributed by atoms with Crippen LogP contribution in [0.5, 0.6) is 0 Å². The molecule has 1 unspecified atom stereocenters. The van der Waals surface area contributed by atoms with Crippen LogP contribution >= 0.6 is 0 Å². The Morgan fingerprint density at radius 3 is 2.03 bits per heavy atom. The fourth-order valence-electron chi connectivity index (χ4n) is 4.56. The van der Waals surface area contributed by atoms with Crippen LogP contribution in [-0.4, -0.2) is 50.1 Å². The fourth-order valence-corrected chi connectivity index (χ4v) is 4.56. The van der Waals surface area contributed by atoms with Gasteiger partial charge >= 0.3 is 5.97 Å². The van der Waals surface area contributed by atoms with E-state index in [1.807, 2.05) is 0 Å². The van der Waals surface area contributed by atoms with E-state index in [-0.39, 0.29) is 17.6 Å². The highest BCUT2D eigenvalue weighted by Crippen LogP contribution is 2.47. The van der Waals surface area contributed by atoms with Crippen LogP contribution in [-0.2, 0) is 9.53 Å². The zero-order chi connectivity index (χ0) is 23.1. The van der Waals surface area contributed by atoms with Crippen LogP contribution in [0.25, 0.3) is 0 Å². The lowest BCUT2D eigenvalue weighted by Crippen LogP contribution is -2.55. The average molecular weight is 435 g/mol. The van der Waals surface area contributed by atoms with Crippen molar-refractivity contribution >= 4 is 23.3 Å². The van der Waals surface area contributed by atoms with Gasteiger partial charge in [0.1, 0.15) is 5.72 Å². The van der Waals surface area contributed by atoms with Gasteiger partial charge in [0.2, 0.25) is 0 Å². The number of ether oxygens (including phenoxy) is 1. The number of benzene rings is 1. The molecule has 1 atom stereocenters. The number of non-ortho nitro benzene ring substituents is 2. The first-order valence-corrected chi connectivity index (χ1v) is 10.00. The summed E-state index contributed by atoms with van der Waals surface area (Å²) in [6.07, 6.45) is 2.27. The number of nitrogens with zero attached hydrogens (tertiary/aromatic N) is 3. The van der Waals surface area contributed by atoms with Crippen LogP contribution in [0.15, 0.2) is 18.2 Å². The molecular formula is C20H25N3O8. The number of hydrogen-bond acceptors (Lipinski definition) is 7. The molecule has 2 fully saturated rings. The number of carboxylic acid groups (broad SMARTS) is 1. The Kier molecular flexibility index (Phi) is 5.74. The Labute approximate surface area is 178 Å². The van der Waals surface area contributed by atoms with E-state index in [2.05, 4.69) is 20.8 Å². The van der Waals surface area contributed by atoms with Crippen molar-refractivity contribution in [3.8, 4) is 0 Å². The third kappa shape index (κ3) is 4.22. The molecule has 1 saturated heterocycles. The first kappa shape index (κ1) is 22.6. The minimum atomic E-state index is -1.28. The second kappa shape index (κ2) is 7.88. The summed E-state index contributed by atoms with van der Waals surface area (Å²) in [6.45, 7) is 6.15. The summed E-state index contributed by atoms with van der Waals surface area (Å²) in [6, 6.07) is 1.34. The van der Waals surface area contributed by atoms with E-state index in [0.29, 0.717) is 31.6 Å². The van der Waals surface area contributed by atoms with Crippen molar-refractivity contribution in [2.24, 2.45) is 11.3 Å². The van der Waals surface area contributed by atoms with Crippen LogP contribution in [0.1, 0.15) is 56.8 Å². The summed E-state index contributed by atoms with van der Waals surface area (Å²) in [5.74, 6) is -1.73. The molecule has 11 nitrogen and oxygen atoms in total. The predicted molar refractivity (Wildman–Crippen MR) is 107 cm³/mol. The van der Waals surface area contributed by atoms with Gasteiger partial charge in [0.05, 0.1) is 28.1 Å². The third-order valence-corrected chi connectivity index (χ3v) is 6.33. The molecule has 3 rings (SSSR count). The molecule has 1 aliphatic heterocycles. The maximum absolute atomic E-state index is 13.4. The largest absolute Gasteiger partial charge is 0.480 e. The number of aliphatic carboxylic acids is 1. The number of amides is 1. The van der Waals surface area contributed by atoms with Crippen molar-refractivity contribution in [2.75, 3.05) is 6.61 Å². The van der Waals surface area contributed by atoms with Crippen LogP contribution in [0.2, 0.25) is 0 Å². The minimum absolute atomic E-state index is 0.0436. The highest BCUT2D eigenvalue weighted by Gasteiger charge is 2.55. The molecule has 1 aromatic carbocycles. The topological polar surface area (TPSA) is 153 Å². The van der Waals surface area contributed by atoms with Crippen LogP contribution in [0.4, 0.5) is 11.4 Å². The molecule has 1 spiro atoms. The van der Waals surface area contributed by atoms with Gasteiger partial charge in [-0.25, -0.2) is 4.79 Å². The van der Waals surface area contributed by atoms with Gasteiger partial charge in [-0.2, -0.15) is 0 Å². The quantitative estimate of drug-likeness (QED) is 0.558. The fraction of sp³-hybridized carbons (Fsp3) is 0.600. The number of carbonyl (C=O) groups is 2. The number of carboxylic acids is 1. The Hall–Kier alpha value is -3.08. The standard InChI is InChI=1S/C20H25N3O8/c1-19(2,3)13-4-6-20(7-5-13)21(16(11-31-20)18(25)26)17(24)12-8-14(22(27)28)10-15(9-12)23(29)30/h8-10,13,16H,4-7,11H2,1-3H3,(H,25,26). The summed E-state index contributed by atoms with van der Waals surface area (Å²) in [4.78, 5) is 47.1. The summed E-state index contributed by atoms with van der Waals surface area (Å²) in [7, 11) is 0. The van der Waals surface area contributed by atoms with Crippen molar-refractivity contribution in [2.45, 2.75) is 58.2 Å². The average Bonchev–Trinajstić information content (AvgIpc) is 3.05. The van der Waals surface area contributed by atoms with E-state index in [0.717, 1.165) is 23.1 Å². The lowest BCUT2D eigenvalue weighted by atomic mass is 9.70. The summed E-state index contributed by atoms with van der Waals surface area (Å²) >= 11 is 0. The Balaban J connectivity index is 2.01. The highest BCUT2D eigenvalue weighted by atomic mass is 16.6. The number of nitro groups is 2. The molecule has 0 bridgehead atoms. The summed E-state index contributed by atoms with van der Waals surface area (Å²) < 4.78 is 5.88. The molecule has 0 radical (unpaired) electrons. The molecule has 1 aliphatic carbocycles. The van der Waals surface area contributed by atoms with E-state index < -0.39 is 44.9 Å². The van der Waals surface area contributed by atoms with Crippen molar-refractivity contribution in [3.05, 3.63) is 44.0 Å². The van der Waals surface area contributed by atoms with Crippen LogP contribution in [0, 0.1) is 31.6 Å². The third-order valence-electron chi connectivity index (χ3n) is 6.33. The maximum Gasteiger partial charge on any atom is 0.328 e. The minimum Gasteiger partial charge on any atom is -0.480 e. The van der Waals surface area contributed by atoms with Crippen molar-refractivity contribution in [1.82, 2.24) is 4.90 Å². The Bertz CT molecular complexity index is 899. The highest BCUT2D eigenvalue weighted by molar-refractivity contribution is 5.98. The van der Waals surface area contributed by atoms with Gasteiger partial charge in [0.25, 0.3) is 17.3 Å².